The number of carbonyl (C=O) groups is 1. The van der Waals surface area contributed by atoms with Gasteiger partial charge in [0, 0.05) is 12.3 Å². The Labute approximate surface area is 77.5 Å². The van der Waals surface area contributed by atoms with Crippen molar-refractivity contribution in [2.75, 3.05) is 12.5 Å². The summed E-state index contributed by atoms with van der Waals surface area (Å²) in [5, 5.41) is 0. The number of alkyl halides is 1. The predicted octanol–water partition coefficient (Wildman–Crippen LogP) is 2.27. The third-order valence-electron chi connectivity index (χ3n) is 1.75. The van der Waals surface area contributed by atoms with Gasteiger partial charge in [-0.1, -0.05) is 0 Å². The number of hydrogen-bond donors (Lipinski definition) is 0. The van der Waals surface area contributed by atoms with Crippen LogP contribution in [-0.2, 0) is 9.53 Å². The third kappa shape index (κ3) is 2.86. The molecule has 0 atom stereocenters. The van der Waals surface area contributed by atoms with Crippen LogP contribution in [0.5, 0.6) is 0 Å². The van der Waals surface area contributed by atoms with E-state index >= 15 is 0 Å². The van der Waals surface area contributed by atoms with Crippen LogP contribution in [0.3, 0.4) is 0 Å². The van der Waals surface area contributed by atoms with Crippen molar-refractivity contribution in [3.05, 3.63) is 11.8 Å². The molecule has 0 amide bonds. The fourth-order valence-corrected chi connectivity index (χ4v) is 1.24. The van der Waals surface area contributed by atoms with E-state index in [0.717, 1.165) is 19.3 Å². The minimum absolute atomic E-state index is 0.0929. The van der Waals surface area contributed by atoms with Crippen LogP contribution < -0.4 is 0 Å². The van der Waals surface area contributed by atoms with E-state index in [1.165, 1.54) is 0 Å². The Morgan fingerprint density at radius 1 is 1.67 bits per heavy atom. The second-order valence-corrected chi connectivity index (χ2v) is 3.15. The molecular weight excluding hydrogens is 176 g/mol. The van der Waals surface area contributed by atoms with Gasteiger partial charge >= 0.3 is 0 Å². The molecule has 1 aliphatic heterocycles. The number of rotatable bonds is 4. The van der Waals surface area contributed by atoms with E-state index < -0.39 is 0 Å². The predicted molar refractivity (Wildman–Crippen MR) is 48.2 cm³/mol. The molecule has 0 bridgehead atoms. The molecule has 0 aromatic heterocycles. The monoisotopic (exact) mass is 188 g/mol. The smallest absolute Gasteiger partial charge is 0.197 e. The molecule has 0 unspecified atom stereocenters. The molecule has 0 saturated carbocycles. The van der Waals surface area contributed by atoms with Crippen molar-refractivity contribution in [3.63, 3.8) is 0 Å². The molecule has 1 rings (SSSR count). The van der Waals surface area contributed by atoms with Crippen molar-refractivity contribution in [1.29, 1.82) is 0 Å². The molecular formula is C9H13ClO2. The highest BCUT2D eigenvalue weighted by atomic mass is 35.5. The van der Waals surface area contributed by atoms with E-state index in [1.807, 2.05) is 6.08 Å². The largest absolute Gasteiger partial charge is 0.490 e. The highest BCUT2D eigenvalue weighted by Gasteiger charge is 2.12. The molecule has 0 fully saturated rings. The lowest BCUT2D eigenvalue weighted by Gasteiger charge is -2.13. The van der Waals surface area contributed by atoms with Crippen LogP contribution in [0.4, 0.5) is 0 Å². The Hall–Kier alpha value is -0.500. The fraction of sp³-hybridized carbons (Fsp3) is 0.667. The van der Waals surface area contributed by atoms with Gasteiger partial charge in [-0.05, 0) is 25.3 Å². The maximum atomic E-state index is 11.3. The summed E-state index contributed by atoms with van der Waals surface area (Å²) >= 11 is 5.47. The number of carbonyl (C=O) groups excluding carboxylic acids is 1. The maximum absolute atomic E-state index is 11.3. The fourth-order valence-electron chi connectivity index (χ4n) is 1.10. The summed E-state index contributed by atoms with van der Waals surface area (Å²) in [5.41, 5.74) is 0. The van der Waals surface area contributed by atoms with Crippen LogP contribution in [0.1, 0.15) is 25.7 Å². The van der Waals surface area contributed by atoms with Crippen molar-refractivity contribution >= 4 is 17.4 Å². The van der Waals surface area contributed by atoms with Gasteiger partial charge in [0.25, 0.3) is 0 Å². The zero-order valence-corrected chi connectivity index (χ0v) is 7.77. The number of Topliss-reactive ketones (excluding diaryl/α,β-unsaturated/α-hetero) is 1. The first-order valence-electron chi connectivity index (χ1n) is 4.26. The molecule has 0 aromatic rings. The summed E-state index contributed by atoms with van der Waals surface area (Å²) in [7, 11) is 0. The van der Waals surface area contributed by atoms with E-state index in [9.17, 15) is 4.79 Å². The van der Waals surface area contributed by atoms with Gasteiger partial charge in [-0.2, -0.15) is 0 Å². The summed E-state index contributed by atoms with van der Waals surface area (Å²) in [4.78, 5) is 11.3. The Kier molecular flexibility index (Phi) is 4.15. The van der Waals surface area contributed by atoms with Gasteiger partial charge in [0.15, 0.2) is 11.5 Å². The first kappa shape index (κ1) is 9.59. The van der Waals surface area contributed by atoms with Gasteiger partial charge in [0.2, 0.25) is 0 Å². The molecule has 1 heterocycles. The van der Waals surface area contributed by atoms with Gasteiger partial charge in [-0.25, -0.2) is 0 Å². The van der Waals surface area contributed by atoms with Gasteiger partial charge < -0.3 is 4.74 Å². The summed E-state index contributed by atoms with van der Waals surface area (Å²) in [5.74, 6) is 1.18. The number of halogens is 1. The van der Waals surface area contributed by atoms with E-state index in [0.29, 0.717) is 24.7 Å². The number of hydrogen-bond acceptors (Lipinski definition) is 2. The lowest BCUT2D eigenvalue weighted by molar-refractivity contribution is -0.119. The number of ether oxygens (including phenoxy) is 1. The minimum atomic E-state index is 0.0929. The van der Waals surface area contributed by atoms with Crippen LogP contribution in [0.2, 0.25) is 0 Å². The molecule has 0 aliphatic carbocycles. The van der Waals surface area contributed by atoms with E-state index in [1.54, 1.807) is 0 Å². The Morgan fingerprint density at radius 3 is 3.08 bits per heavy atom. The zero-order chi connectivity index (χ0) is 8.81. The molecule has 0 saturated heterocycles. The van der Waals surface area contributed by atoms with Crippen LogP contribution in [-0.4, -0.2) is 18.3 Å². The Morgan fingerprint density at radius 2 is 2.50 bits per heavy atom. The van der Waals surface area contributed by atoms with Crippen molar-refractivity contribution in [1.82, 2.24) is 0 Å². The average Bonchev–Trinajstić information content (AvgIpc) is 2.15. The van der Waals surface area contributed by atoms with Gasteiger partial charge in [-0.15, -0.1) is 11.6 Å². The SMILES string of the molecule is O=C(CCCCl)C1=CCCCO1. The molecule has 12 heavy (non-hydrogen) atoms. The van der Waals surface area contributed by atoms with Crippen molar-refractivity contribution < 1.29 is 9.53 Å². The minimum Gasteiger partial charge on any atom is -0.490 e. The van der Waals surface area contributed by atoms with Crippen molar-refractivity contribution in [2.24, 2.45) is 0 Å². The maximum Gasteiger partial charge on any atom is 0.197 e. The zero-order valence-electron chi connectivity index (χ0n) is 7.01. The normalized spacial score (nSPS) is 16.6. The van der Waals surface area contributed by atoms with Gasteiger partial charge in [0.1, 0.15) is 0 Å². The summed E-state index contributed by atoms with van der Waals surface area (Å²) in [6.45, 7) is 0.679. The molecule has 68 valence electrons. The molecule has 0 aromatic carbocycles. The number of allylic oxidation sites excluding steroid dienone is 2. The average molecular weight is 189 g/mol. The first-order valence-corrected chi connectivity index (χ1v) is 4.80. The van der Waals surface area contributed by atoms with E-state index in [2.05, 4.69) is 0 Å². The second-order valence-electron chi connectivity index (χ2n) is 2.77. The molecule has 0 radical (unpaired) electrons. The lowest BCUT2D eigenvalue weighted by atomic mass is 10.1. The topological polar surface area (TPSA) is 26.3 Å². The Bertz CT molecular complexity index is 187. The lowest BCUT2D eigenvalue weighted by Crippen LogP contribution is -2.10. The molecule has 1 aliphatic rings. The summed E-state index contributed by atoms with van der Waals surface area (Å²) in [6, 6.07) is 0. The van der Waals surface area contributed by atoms with Crippen LogP contribution >= 0.6 is 11.6 Å². The highest BCUT2D eigenvalue weighted by molar-refractivity contribution is 6.18. The molecule has 3 heteroatoms. The van der Waals surface area contributed by atoms with Crippen LogP contribution in [0.25, 0.3) is 0 Å². The van der Waals surface area contributed by atoms with Crippen LogP contribution in [0.15, 0.2) is 11.8 Å². The quantitative estimate of drug-likeness (QED) is 0.633. The summed E-state index contributed by atoms with van der Waals surface area (Å²) in [6.07, 6.45) is 5.10. The van der Waals surface area contributed by atoms with Crippen molar-refractivity contribution in [3.8, 4) is 0 Å². The second kappa shape index (κ2) is 5.20. The number of ketones is 1. The third-order valence-corrected chi connectivity index (χ3v) is 2.02. The van der Waals surface area contributed by atoms with E-state index in [-0.39, 0.29) is 5.78 Å². The van der Waals surface area contributed by atoms with Crippen molar-refractivity contribution in [2.45, 2.75) is 25.7 Å². The highest BCUT2D eigenvalue weighted by Crippen LogP contribution is 2.13. The summed E-state index contributed by atoms with van der Waals surface area (Å²) < 4.78 is 5.21. The van der Waals surface area contributed by atoms with Gasteiger partial charge in [0.05, 0.1) is 6.61 Å². The van der Waals surface area contributed by atoms with Crippen LogP contribution in [0, 0.1) is 0 Å². The molecule has 0 spiro atoms. The van der Waals surface area contributed by atoms with E-state index in [4.69, 9.17) is 16.3 Å². The standard InChI is InChI=1S/C9H13ClO2/c10-6-3-4-8(11)9-5-1-2-7-12-9/h5H,1-4,6-7H2. The Balaban J connectivity index is 2.35. The molecule has 2 nitrogen and oxygen atoms in total. The first-order chi connectivity index (χ1) is 5.84. The van der Waals surface area contributed by atoms with Gasteiger partial charge in [-0.3, -0.25) is 4.79 Å². The molecule has 0 N–H and O–H groups in total.